The van der Waals surface area contributed by atoms with E-state index in [2.05, 4.69) is 20.7 Å². The van der Waals surface area contributed by atoms with Crippen LogP contribution in [-0.4, -0.2) is 27.2 Å². The zero-order chi connectivity index (χ0) is 23.3. The van der Waals surface area contributed by atoms with Crippen molar-refractivity contribution in [1.82, 2.24) is 14.8 Å². The number of carbonyl (C=O) groups is 1. The van der Waals surface area contributed by atoms with Crippen LogP contribution in [0.25, 0.3) is 11.1 Å². The molecule has 0 radical (unpaired) electrons. The van der Waals surface area contributed by atoms with E-state index >= 15 is 0 Å². The largest absolute Gasteiger partial charge is 0.416 e. The van der Waals surface area contributed by atoms with Gasteiger partial charge in [0.25, 0.3) is 5.91 Å². The first-order valence-electron chi connectivity index (χ1n) is 10.1. The predicted molar refractivity (Wildman–Crippen MR) is 120 cm³/mol. The molecule has 9 heteroatoms. The fourth-order valence-corrected chi connectivity index (χ4v) is 3.30. The third-order valence-electron chi connectivity index (χ3n) is 4.97. The summed E-state index contributed by atoms with van der Waals surface area (Å²) in [7, 11) is 0. The molecule has 4 rings (SSSR count). The lowest BCUT2D eigenvalue weighted by Crippen LogP contribution is -2.13. The van der Waals surface area contributed by atoms with Crippen LogP contribution in [0, 0.1) is 0 Å². The van der Waals surface area contributed by atoms with Gasteiger partial charge in [0.2, 0.25) is 0 Å². The Bertz CT molecular complexity index is 1200. The number of nitrogens with one attached hydrogen (secondary N) is 2. The van der Waals surface area contributed by atoms with Crippen molar-refractivity contribution in [2.75, 3.05) is 17.2 Å². The van der Waals surface area contributed by atoms with E-state index in [0.717, 1.165) is 17.8 Å². The highest BCUT2D eigenvalue weighted by Gasteiger charge is 2.30. The standard InChI is InChI=1S/C24H20F3N5O/c25-24(26,27)18-7-5-17(6-8-18)21-3-1-2-4-22(21)23(33)31-20-11-9-19(10-12-20)29-13-14-32-16-28-15-30-32/h1-12,15-16,29H,13-14H2,(H,31,33). The minimum absolute atomic E-state index is 0.350. The first-order valence-corrected chi connectivity index (χ1v) is 10.1. The van der Waals surface area contributed by atoms with Crippen LogP contribution in [0.1, 0.15) is 15.9 Å². The number of hydrogen-bond donors (Lipinski definition) is 2. The van der Waals surface area contributed by atoms with Gasteiger partial charge in [-0.1, -0.05) is 30.3 Å². The number of amides is 1. The summed E-state index contributed by atoms with van der Waals surface area (Å²) < 4.78 is 40.3. The molecule has 0 aliphatic heterocycles. The van der Waals surface area contributed by atoms with E-state index in [1.807, 2.05) is 12.1 Å². The van der Waals surface area contributed by atoms with Crippen molar-refractivity contribution in [3.8, 4) is 11.1 Å². The number of benzene rings is 3. The number of alkyl halides is 3. The average molecular weight is 451 g/mol. The van der Waals surface area contributed by atoms with Crippen LogP contribution < -0.4 is 10.6 Å². The molecule has 0 saturated heterocycles. The van der Waals surface area contributed by atoms with E-state index < -0.39 is 11.7 Å². The van der Waals surface area contributed by atoms with Crippen molar-refractivity contribution >= 4 is 17.3 Å². The molecule has 0 saturated carbocycles. The lowest BCUT2D eigenvalue weighted by atomic mass is 9.98. The van der Waals surface area contributed by atoms with Gasteiger partial charge in [-0.15, -0.1) is 0 Å². The van der Waals surface area contributed by atoms with Crippen molar-refractivity contribution in [3.63, 3.8) is 0 Å². The van der Waals surface area contributed by atoms with Crippen LogP contribution in [0.4, 0.5) is 24.5 Å². The van der Waals surface area contributed by atoms with Gasteiger partial charge < -0.3 is 10.6 Å². The van der Waals surface area contributed by atoms with Gasteiger partial charge in [-0.05, 0) is 53.6 Å². The highest BCUT2D eigenvalue weighted by atomic mass is 19.4. The number of nitrogens with zero attached hydrogens (tertiary/aromatic N) is 3. The molecule has 1 amide bonds. The van der Waals surface area contributed by atoms with Gasteiger partial charge in [0.05, 0.1) is 12.1 Å². The molecule has 0 fully saturated rings. The smallest absolute Gasteiger partial charge is 0.383 e. The van der Waals surface area contributed by atoms with Crippen LogP contribution in [0.3, 0.4) is 0 Å². The Morgan fingerprint density at radius 2 is 1.61 bits per heavy atom. The third kappa shape index (κ3) is 5.57. The van der Waals surface area contributed by atoms with Crippen LogP contribution in [-0.2, 0) is 12.7 Å². The molecule has 0 aliphatic rings. The second-order valence-electron chi connectivity index (χ2n) is 7.24. The molecule has 168 valence electrons. The monoisotopic (exact) mass is 451 g/mol. The molecule has 3 aromatic carbocycles. The summed E-state index contributed by atoms with van der Waals surface area (Å²) in [6.07, 6.45) is -1.29. The molecule has 0 bridgehead atoms. The van der Waals surface area contributed by atoms with Crippen LogP contribution >= 0.6 is 0 Å². The van der Waals surface area contributed by atoms with Crippen molar-refractivity contribution in [2.24, 2.45) is 0 Å². The number of halogens is 3. The van der Waals surface area contributed by atoms with E-state index in [9.17, 15) is 18.0 Å². The summed E-state index contributed by atoms with van der Waals surface area (Å²) in [5.74, 6) is -0.350. The minimum atomic E-state index is -4.41. The quantitative estimate of drug-likeness (QED) is 0.399. The second-order valence-corrected chi connectivity index (χ2v) is 7.24. The van der Waals surface area contributed by atoms with E-state index in [4.69, 9.17) is 0 Å². The highest BCUT2D eigenvalue weighted by Crippen LogP contribution is 2.32. The minimum Gasteiger partial charge on any atom is -0.383 e. The Kier molecular flexibility index (Phi) is 6.39. The number of aromatic nitrogens is 3. The first kappa shape index (κ1) is 22.1. The summed E-state index contributed by atoms with van der Waals surface area (Å²) >= 11 is 0. The van der Waals surface area contributed by atoms with Gasteiger partial charge in [-0.25, -0.2) is 4.98 Å². The molecule has 2 N–H and O–H groups in total. The van der Waals surface area contributed by atoms with Crippen molar-refractivity contribution in [2.45, 2.75) is 12.7 Å². The maximum atomic E-state index is 12.9. The lowest BCUT2D eigenvalue weighted by molar-refractivity contribution is -0.137. The molecule has 1 heterocycles. The van der Waals surface area contributed by atoms with Gasteiger partial charge in [0.15, 0.2) is 0 Å². The summed E-state index contributed by atoms with van der Waals surface area (Å²) in [6.45, 7) is 1.33. The van der Waals surface area contributed by atoms with Gasteiger partial charge >= 0.3 is 6.18 Å². The zero-order valence-corrected chi connectivity index (χ0v) is 17.4. The Hall–Kier alpha value is -4.14. The highest BCUT2D eigenvalue weighted by molar-refractivity contribution is 6.08. The molecular formula is C24H20F3N5O. The van der Waals surface area contributed by atoms with Gasteiger partial charge in [-0.2, -0.15) is 18.3 Å². The summed E-state index contributed by atoms with van der Waals surface area (Å²) in [5.41, 5.74) is 2.20. The number of hydrogen-bond acceptors (Lipinski definition) is 4. The Morgan fingerprint density at radius 3 is 2.27 bits per heavy atom. The van der Waals surface area contributed by atoms with Gasteiger partial charge in [-0.3, -0.25) is 9.48 Å². The lowest BCUT2D eigenvalue weighted by Gasteiger charge is -2.12. The Morgan fingerprint density at radius 1 is 0.909 bits per heavy atom. The molecular weight excluding hydrogens is 431 g/mol. The van der Waals surface area contributed by atoms with Crippen LogP contribution in [0.2, 0.25) is 0 Å². The second kappa shape index (κ2) is 9.56. The first-order chi connectivity index (χ1) is 15.9. The molecule has 6 nitrogen and oxygen atoms in total. The maximum Gasteiger partial charge on any atom is 0.416 e. The number of anilines is 2. The summed E-state index contributed by atoms with van der Waals surface area (Å²) in [6, 6.07) is 18.8. The molecule has 0 aliphatic carbocycles. The number of carbonyl (C=O) groups excluding carboxylic acids is 1. The fraction of sp³-hybridized carbons (Fsp3) is 0.125. The molecule has 0 spiro atoms. The van der Waals surface area contributed by atoms with Gasteiger partial charge in [0.1, 0.15) is 12.7 Å². The normalized spacial score (nSPS) is 11.2. The molecule has 33 heavy (non-hydrogen) atoms. The molecule has 1 aromatic heterocycles. The Balaban J connectivity index is 1.42. The third-order valence-corrected chi connectivity index (χ3v) is 4.97. The summed E-state index contributed by atoms with van der Waals surface area (Å²) in [5, 5.41) is 10.1. The fourth-order valence-electron chi connectivity index (χ4n) is 3.30. The molecule has 0 atom stereocenters. The van der Waals surface area contributed by atoms with Crippen LogP contribution in [0.15, 0.2) is 85.5 Å². The molecule has 0 unspecified atom stereocenters. The topological polar surface area (TPSA) is 71.8 Å². The van der Waals surface area contributed by atoms with Gasteiger partial charge in [0, 0.05) is 23.5 Å². The SMILES string of the molecule is O=C(Nc1ccc(NCCn2cncn2)cc1)c1ccccc1-c1ccc(C(F)(F)F)cc1. The zero-order valence-electron chi connectivity index (χ0n) is 17.4. The average Bonchev–Trinajstić information content (AvgIpc) is 3.33. The van der Waals surface area contributed by atoms with E-state index in [1.165, 1.54) is 18.5 Å². The van der Waals surface area contributed by atoms with Crippen molar-refractivity contribution < 1.29 is 18.0 Å². The van der Waals surface area contributed by atoms with Crippen molar-refractivity contribution in [3.05, 3.63) is 96.6 Å². The summed E-state index contributed by atoms with van der Waals surface area (Å²) in [4.78, 5) is 16.8. The van der Waals surface area contributed by atoms with E-state index in [1.54, 1.807) is 47.4 Å². The molecule has 4 aromatic rings. The van der Waals surface area contributed by atoms with Crippen LogP contribution in [0.5, 0.6) is 0 Å². The van der Waals surface area contributed by atoms with E-state index in [-0.39, 0.29) is 5.91 Å². The Labute approximate surface area is 188 Å². The van der Waals surface area contributed by atoms with Crippen molar-refractivity contribution in [1.29, 1.82) is 0 Å². The number of rotatable bonds is 7. The predicted octanol–water partition coefficient (Wildman–Crippen LogP) is 5.33. The van der Waals surface area contributed by atoms with E-state index in [0.29, 0.717) is 35.5 Å². The maximum absolute atomic E-state index is 12.9.